The van der Waals surface area contributed by atoms with Gasteiger partial charge in [0.2, 0.25) is 0 Å². The minimum Gasteiger partial charge on any atom is -0.267 e. The average Bonchev–Trinajstić information content (AvgIpc) is 3.13. The molecular weight excluding hydrogens is 274 g/mol. The quantitative estimate of drug-likeness (QED) is 0.863. The van der Waals surface area contributed by atoms with Crippen LogP contribution in [0.25, 0.3) is 0 Å². The molecule has 0 saturated heterocycles. The molecule has 1 aliphatic rings. The fourth-order valence-corrected chi connectivity index (χ4v) is 2.62. The highest BCUT2D eigenvalue weighted by molar-refractivity contribution is 7.98. The van der Waals surface area contributed by atoms with E-state index < -0.39 is 0 Å². The fraction of sp³-hybridized carbons (Fsp3) is 0.400. The molecule has 94 valence electrons. The Morgan fingerprint density at radius 3 is 2.94 bits per heavy atom. The lowest BCUT2D eigenvalue weighted by Crippen LogP contribution is -2.16. The van der Waals surface area contributed by atoms with Crippen molar-refractivity contribution in [1.82, 2.24) is 25.0 Å². The lowest BCUT2D eigenvalue weighted by Gasteiger charge is -2.02. The maximum Gasteiger partial charge on any atom is 0.344 e. The van der Waals surface area contributed by atoms with Crippen LogP contribution in [0.4, 0.5) is 0 Å². The van der Waals surface area contributed by atoms with E-state index in [1.807, 2.05) is 6.07 Å². The number of thioether (sulfide) groups is 1. The maximum atomic E-state index is 11.6. The number of aromatic amines is 1. The number of rotatable bonds is 4. The Balaban J connectivity index is 1.73. The van der Waals surface area contributed by atoms with Crippen LogP contribution in [0.2, 0.25) is 5.15 Å². The van der Waals surface area contributed by atoms with Crippen LogP contribution >= 0.6 is 23.4 Å². The van der Waals surface area contributed by atoms with Crippen molar-refractivity contribution in [3.05, 3.63) is 33.5 Å². The number of halogens is 1. The van der Waals surface area contributed by atoms with Gasteiger partial charge in [-0.05, 0) is 25.0 Å². The maximum absolute atomic E-state index is 11.6. The van der Waals surface area contributed by atoms with Crippen molar-refractivity contribution >= 4 is 23.4 Å². The van der Waals surface area contributed by atoms with Gasteiger partial charge in [-0.2, -0.15) is 5.10 Å². The number of hydrogen-bond donors (Lipinski definition) is 1. The van der Waals surface area contributed by atoms with Crippen LogP contribution in [0.3, 0.4) is 0 Å². The van der Waals surface area contributed by atoms with Crippen molar-refractivity contribution in [2.45, 2.75) is 29.8 Å². The highest BCUT2D eigenvalue weighted by Gasteiger charge is 2.28. The van der Waals surface area contributed by atoms with Crippen LogP contribution in [0.1, 0.15) is 24.6 Å². The lowest BCUT2D eigenvalue weighted by atomic mass is 10.4. The predicted molar refractivity (Wildman–Crippen MR) is 67.7 cm³/mol. The van der Waals surface area contributed by atoms with Gasteiger partial charge in [-0.15, -0.1) is 10.2 Å². The van der Waals surface area contributed by atoms with Crippen molar-refractivity contribution in [2.24, 2.45) is 0 Å². The SMILES string of the molecule is O=c1[nH]nc(SCc2ccc(Cl)nn2)n1C1CC1. The van der Waals surface area contributed by atoms with Gasteiger partial charge in [0, 0.05) is 11.8 Å². The lowest BCUT2D eigenvalue weighted by molar-refractivity contribution is 0.642. The third-order valence-electron chi connectivity index (χ3n) is 2.62. The summed E-state index contributed by atoms with van der Waals surface area (Å²) in [6, 6.07) is 3.83. The molecule has 0 bridgehead atoms. The Labute approximate surface area is 112 Å². The van der Waals surface area contributed by atoms with E-state index in [9.17, 15) is 4.79 Å². The summed E-state index contributed by atoms with van der Waals surface area (Å²) < 4.78 is 1.72. The summed E-state index contributed by atoms with van der Waals surface area (Å²) in [5, 5.41) is 15.3. The second kappa shape index (κ2) is 4.74. The zero-order chi connectivity index (χ0) is 12.5. The van der Waals surface area contributed by atoms with Crippen LogP contribution in [0.15, 0.2) is 22.1 Å². The Morgan fingerprint density at radius 2 is 2.28 bits per heavy atom. The Hall–Kier alpha value is -1.34. The summed E-state index contributed by atoms with van der Waals surface area (Å²) in [6.45, 7) is 0. The first-order valence-corrected chi connectivity index (χ1v) is 6.88. The van der Waals surface area contributed by atoms with E-state index in [-0.39, 0.29) is 5.69 Å². The van der Waals surface area contributed by atoms with Crippen LogP contribution in [0, 0.1) is 0 Å². The molecule has 1 saturated carbocycles. The first-order chi connectivity index (χ1) is 8.74. The molecule has 2 aromatic heterocycles. The standard InChI is InChI=1S/C10H10ClN5OS/c11-8-4-1-6(12-13-8)5-18-10-15-14-9(17)16(10)7-2-3-7/h1,4,7H,2-3,5H2,(H,14,17). The highest BCUT2D eigenvalue weighted by Crippen LogP contribution is 2.36. The van der Waals surface area contributed by atoms with E-state index in [1.165, 1.54) is 11.8 Å². The van der Waals surface area contributed by atoms with E-state index in [4.69, 9.17) is 11.6 Å². The smallest absolute Gasteiger partial charge is 0.267 e. The zero-order valence-electron chi connectivity index (χ0n) is 9.34. The predicted octanol–water partition coefficient (Wildman–Crippen LogP) is 1.64. The van der Waals surface area contributed by atoms with Crippen LogP contribution in [-0.2, 0) is 5.75 Å². The molecule has 1 N–H and O–H groups in total. The minimum atomic E-state index is -0.137. The summed E-state index contributed by atoms with van der Waals surface area (Å²) in [7, 11) is 0. The minimum absolute atomic E-state index is 0.137. The fourth-order valence-electron chi connectivity index (χ4n) is 1.61. The monoisotopic (exact) mass is 283 g/mol. The molecule has 6 nitrogen and oxygen atoms in total. The largest absolute Gasteiger partial charge is 0.344 e. The van der Waals surface area contributed by atoms with Gasteiger partial charge in [-0.1, -0.05) is 23.4 Å². The summed E-state index contributed by atoms with van der Waals surface area (Å²) >= 11 is 7.13. The van der Waals surface area contributed by atoms with Gasteiger partial charge in [0.1, 0.15) is 0 Å². The van der Waals surface area contributed by atoms with Gasteiger partial charge in [0.05, 0.1) is 5.69 Å². The van der Waals surface area contributed by atoms with Crippen LogP contribution in [0.5, 0.6) is 0 Å². The van der Waals surface area contributed by atoms with Crippen molar-refractivity contribution in [2.75, 3.05) is 0 Å². The van der Waals surface area contributed by atoms with Crippen molar-refractivity contribution in [3.8, 4) is 0 Å². The van der Waals surface area contributed by atoms with Gasteiger partial charge in [-0.25, -0.2) is 9.89 Å². The third kappa shape index (κ3) is 2.41. The summed E-state index contributed by atoms with van der Waals surface area (Å²) in [6.07, 6.45) is 2.10. The Morgan fingerprint density at radius 1 is 1.44 bits per heavy atom. The second-order valence-electron chi connectivity index (χ2n) is 4.05. The number of aromatic nitrogens is 5. The molecule has 3 rings (SSSR count). The number of nitrogens with zero attached hydrogens (tertiary/aromatic N) is 4. The summed E-state index contributed by atoms with van der Waals surface area (Å²) in [5.41, 5.74) is 0.671. The van der Waals surface area contributed by atoms with Crippen molar-refractivity contribution in [1.29, 1.82) is 0 Å². The van der Waals surface area contributed by atoms with Crippen molar-refractivity contribution in [3.63, 3.8) is 0 Å². The van der Waals surface area contributed by atoms with E-state index >= 15 is 0 Å². The molecule has 18 heavy (non-hydrogen) atoms. The molecule has 0 amide bonds. The van der Waals surface area contributed by atoms with Gasteiger partial charge in [0.15, 0.2) is 10.3 Å². The normalized spacial score (nSPS) is 14.9. The van der Waals surface area contributed by atoms with Gasteiger partial charge in [-0.3, -0.25) is 4.57 Å². The Bertz CT molecular complexity index is 603. The summed E-state index contributed by atoms with van der Waals surface area (Å²) in [4.78, 5) is 11.6. The van der Waals surface area contributed by atoms with E-state index in [2.05, 4.69) is 20.4 Å². The molecule has 0 unspecified atom stereocenters. The van der Waals surface area contributed by atoms with Gasteiger partial charge < -0.3 is 0 Å². The molecule has 8 heteroatoms. The molecule has 0 atom stereocenters. The molecular formula is C10H10ClN5OS. The molecule has 0 spiro atoms. The first-order valence-electron chi connectivity index (χ1n) is 5.52. The van der Waals surface area contributed by atoms with E-state index in [0.29, 0.717) is 22.1 Å². The zero-order valence-corrected chi connectivity index (χ0v) is 10.9. The first kappa shape index (κ1) is 11.7. The van der Waals surface area contributed by atoms with Gasteiger partial charge in [0.25, 0.3) is 0 Å². The second-order valence-corrected chi connectivity index (χ2v) is 5.38. The average molecular weight is 284 g/mol. The van der Waals surface area contributed by atoms with Crippen LogP contribution < -0.4 is 5.69 Å². The molecule has 1 aliphatic carbocycles. The third-order valence-corrected chi connectivity index (χ3v) is 3.81. The van der Waals surface area contributed by atoms with E-state index in [1.54, 1.807) is 10.6 Å². The Kier molecular flexibility index (Phi) is 3.09. The van der Waals surface area contributed by atoms with Gasteiger partial charge >= 0.3 is 5.69 Å². The number of hydrogen-bond acceptors (Lipinski definition) is 5. The topological polar surface area (TPSA) is 76.5 Å². The molecule has 0 aliphatic heterocycles. The molecule has 0 radical (unpaired) electrons. The van der Waals surface area contributed by atoms with E-state index in [0.717, 1.165) is 18.5 Å². The number of nitrogens with one attached hydrogen (secondary N) is 1. The van der Waals surface area contributed by atoms with Crippen molar-refractivity contribution < 1.29 is 0 Å². The highest BCUT2D eigenvalue weighted by atomic mass is 35.5. The van der Waals surface area contributed by atoms with Crippen LogP contribution in [-0.4, -0.2) is 25.0 Å². The number of H-pyrrole nitrogens is 1. The molecule has 0 aromatic carbocycles. The molecule has 1 fully saturated rings. The summed E-state index contributed by atoms with van der Waals surface area (Å²) in [5.74, 6) is 0.612. The molecule has 2 heterocycles. The molecule has 2 aromatic rings.